The summed E-state index contributed by atoms with van der Waals surface area (Å²) >= 11 is 5.52. The molecule has 0 aromatic carbocycles. The predicted octanol–water partition coefficient (Wildman–Crippen LogP) is 1.71. The minimum Gasteiger partial charge on any atom is -0.391 e. The van der Waals surface area contributed by atoms with Crippen molar-refractivity contribution in [3.8, 4) is 0 Å². The SMILES string of the molecule is CCCN(CCC)CC(O)CCl. The molecule has 0 aromatic rings. The van der Waals surface area contributed by atoms with Gasteiger partial charge in [0.1, 0.15) is 0 Å². The third kappa shape index (κ3) is 5.81. The Balaban J connectivity index is 3.61. The smallest absolute Gasteiger partial charge is 0.0802 e. The van der Waals surface area contributed by atoms with Crippen LogP contribution in [0, 0.1) is 0 Å². The van der Waals surface area contributed by atoms with Crippen molar-refractivity contribution in [2.75, 3.05) is 25.5 Å². The van der Waals surface area contributed by atoms with Crippen molar-refractivity contribution < 1.29 is 5.11 Å². The second-order valence-electron chi connectivity index (χ2n) is 3.11. The van der Waals surface area contributed by atoms with Crippen molar-refractivity contribution in [3.05, 3.63) is 0 Å². The van der Waals surface area contributed by atoms with E-state index in [1.54, 1.807) is 0 Å². The normalized spacial score (nSPS) is 13.8. The van der Waals surface area contributed by atoms with Gasteiger partial charge in [-0.1, -0.05) is 13.8 Å². The lowest BCUT2D eigenvalue weighted by Gasteiger charge is -2.22. The first-order valence-electron chi connectivity index (χ1n) is 4.70. The van der Waals surface area contributed by atoms with Crippen molar-refractivity contribution >= 4 is 11.6 Å². The van der Waals surface area contributed by atoms with Crippen molar-refractivity contribution in [2.24, 2.45) is 0 Å². The number of aliphatic hydroxyl groups excluding tert-OH is 1. The molecule has 1 atom stereocenters. The van der Waals surface area contributed by atoms with Gasteiger partial charge < -0.3 is 10.0 Å². The van der Waals surface area contributed by atoms with Crippen LogP contribution in [-0.2, 0) is 0 Å². The summed E-state index contributed by atoms with van der Waals surface area (Å²) in [5.74, 6) is 0.337. The molecule has 0 radical (unpaired) electrons. The van der Waals surface area contributed by atoms with Crippen LogP contribution in [0.15, 0.2) is 0 Å². The highest BCUT2D eigenvalue weighted by atomic mass is 35.5. The molecule has 0 saturated heterocycles. The first-order valence-corrected chi connectivity index (χ1v) is 5.24. The fourth-order valence-electron chi connectivity index (χ4n) is 1.27. The maximum absolute atomic E-state index is 9.31. The lowest BCUT2D eigenvalue weighted by Crippen LogP contribution is -2.34. The molecule has 2 nitrogen and oxygen atoms in total. The summed E-state index contributed by atoms with van der Waals surface area (Å²) in [5, 5.41) is 9.31. The molecule has 0 saturated carbocycles. The molecule has 0 bridgehead atoms. The minimum absolute atomic E-state index is 0.337. The molecule has 1 unspecified atom stereocenters. The monoisotopic (exact) mass is 193 g/mol. The highest BCUT2D eigenvalue weighted by Crippen LogP contribution is 1.98. The van der Waals surface area contributed by atoms with E-state index in [-0.39, 0.29) is 6.10 Å². The zero-order chi connectivity index (χ0) is 9.40. The molecule has 74 valence electrons. The minimum atomic E-state index is -0.371. The molecule has 0 aliphatic rings. The average molecular weight is 194 g/mol. The van der Waals surface area contributed by atoms with Gasteiger partial charge in [-0.3, -0.25) is 0 Å². The molecule has 0 spiro atoms. The third-order valence-electron chi connectivity index (χ3n) is 1.73. The van der Waals surface area contributed by atoms with Gasteiger partial charge in [-0.2, -0.15) is 0 Å². The quantitative estimate of drug-likeness (QED) is 0.623. The Hall–Kier alpha value is 0.210. The highest BCUT2D eigenvalue weighted by Gasteiger charge is 2.08. The molecule has 0 aliphatic carbocycles. The van der Waals surface area contributed by atoms with E-state index in [9.17, 15) is 5.11 Å². The molecule has 12 heavy (non-hydrogen) atoms. The van der Waals surface area contributed by atoms with Crippen LogP contribution in [0.3, 0.4) is 0 Å². The van der Waals surface area contributed by atoms with Gasteiger partial charge in [0.15, 0.2) is 0 Å². The Morgan fingerprint density at radius 2 is 1.75 bits per heavy atom. The number of hydrogen-bond donors (Lipinski definition) is 1. The van der Waals surface area contributed by atoms with Crippen molar-refractivity contribution in [1.29, 1.82) is 0 Å². The van der Waals surface area contributed by atoms with E-state index in [0.29, 0.717) is 12.4 Å². The lowest BCUT2D eigenvalue weighted by molar-refractivity contribution is 0.129. The van der Waals surface area contributed by atoms with Crippen LogP contribution >= 0.6 is 11.6 Å². The van der Waals surface area contributed by atoms with Crippen molar-refractivity contribution in [3.63, 3.8) is 0 Å². The fourth-order valence-corrected chi connectivity index (χ4v) is 1.37. The van der Waals surface area contributed by atoms with Crippen LogP contribution in [0.5, 0.6) is 0 Å². The van der Waals surface area contributed by atoms with Crippen molar-refractivity contribution in [2.45, 2.75) is 32.8 Å². The molecule has 0 rings (SSSR count). The second kappa shape index (κ2) is 7.84. The largest absolute Gasteiger partial charge is 0.391 e. The van der Waals surface area contributed by atoms with Crippen LogP contribution in [0.1, 0.15) is 26.7 Å². The molecule has 0 amide bonds. The zero-order valence-corrected chi connectivity index (χ0v) is 8.85. The number of nitrogens with zero attached hydrogens (tertiary/aromatic N) is 1. The Kier molecular flexibility index (Phi) is 7.98. The number of halogens is 1. The predicted molar refractivity (Wildman–Crippen MR) is 53.7 cm³/mol. The summed E-state index contributed by atoms with van der Waals surface area (Å²) in [6.07, 6.45) is 1.90. The van der Waals surface area contributed by atoms with Gasteiger partial charge in [0.05, 0.1) is 6.10 Å². The molecule has 0 fully saturated rings. The molecule has 0 aliphatic heterocycles. The Bertz CT molecular complexity index is 94.5. The van der Waals surface area contributed by atoms with Gasteiger partial charge in [-0.05, 0) is 25.9 Å². The van der Waals surface area contributed by atoms with Gasteiger partial charge >= 0.3 is 0 Å². The summed E-state index contributed by atoms with van der Waals surface area (Å²) in [7, 11) is 0. The number of aliphatic hydroxyl groups is 1. The van der Waals surface area contributed by atoms with E-state index in [4.69, 9.17) is 11.6 Å². The molecule has 3 heteroatoms. The number of hydrogen-bond acceptors (Lipinski definition) is 2. The van der Waals surface area contributed by atoms with Crippen LogP contribution in [0.4, 0.5) is 0 Å². The second-order valence-corrected chi connectivity index (χ2v) is 3.42. The van der Waals surface area contributed by atoms with E-state index in [1.165, 1.54) is 0 Å². The maximum atomic E-state index is 9.31. The van der Waals surface area contributed by atoms with Gasteiger partial charge in [-0.25, -0.2) is 0 Å². The van der Waals surface area contributed by atoms with Gasteiger partial charge in [0, 0.05) is 12.4 Å². The van der Waals surface area contributed by atoms with Crippen LogP contribution in [-0.4, -0.2) is 41.6 Å². The van der Waals surface area contributed by atoms with Crippen molar-refractivity contribution in [1.82, 2.24) is 4.90 Å². The van der Waals surface area contributed by atoms with E-state index >= 15 is 0 Å². The maximum Gasteiger partial charge on any atom is 0.0802 e. The van der Waals surface area contributed by atoms with E-state index in [0.717, 1.165) is 25.9 Å². The first kappa shape index (κ1) is 12.2. The lowest BCUT2D eigenvalue weighted by atomic mass is 10.3. The summed E-state index contributed by atoms with van der Waals surface area (Å²) in [5.41, 5.74) is 0. The zero-order valence-electron chi connectivity index (χ0n) is 8.09. The van der Waals surface area contributed by atoms with Gasteiger partial charge in [0.25, 0.3) is 0 Å². The topological polar surface area (TPSA) is 23.5 Å². The first-order chi connectivity index (χ1) is 5.74. The average Bonchev–Trinajstić information content (AvgIpc) is 2.05. The molecule has 1 N–H and O–H groups in total. The summed E-state index contributed by atoms with van der Waals surface area (Å²) < 4.78 is 0. The molecular weight excluding hydrogens is 174 g/mol. The van der Waals surface area contributed by atoms with E-state index in [1.807, 2.05) is 0 Å². The molecule has 0 aromatic heterocycles. The third-order valence-corrected chi connectivity index (χ3v) is 2.08. The summed E-state index contributed by atoms with van der Waals surface area (Å²) in [4.78, 5) is 2.26. The Labute approximate surface area is 80.5 Å². The number of rotatable bonds is 7. The fraction of sp³-hybridized carbons (Fsp3) is 1.00. The van der Waals surface area contributed by atoms with E-state index < -0.39 is 0 Å². The Morgan fingerprint density at radius 1 is 1.25 bits per heavy atom. The molecular formula is C9H20ClNO. The van der Waals surface area contributed by atoms with Crippen LogP contribution in [0.2, 0.25) is 0 Å². The molecule has 0 heterocycles. The summed E-state index contributed by atoms with van der Waals surface area (Å²) in [6.45, 7) is 7.13. The highest BCUT2D eigenvalue weighted by molar-refractivity contribution is 6.18. The van der Waals surface area contributed by atoms with Crippen LogP contribution < -0.4 is 0 Å². The summed E-state index contributed by atoms with van der Waals surface area (Å²) in [6, 6.07) is 0. The number of alkyl halides is 1. The van der Waals surface area contributed by atoms with Gasteiger partial charge in [-0.15, -0.1) is 11.6 Å². The Morgan fingerprint density at radius 3 is 2.08 bits per heavy atom. The van der Waals surface area contributed by atoms with Gasteiger partial charge in [0.2, 0.25) is 0 Å². The standard InChI is InChI=1S/C9H20ClNO/c1-3-5-11(6-4-2)8-9(12)7-10/h9,12H,3-8H2,1-2H3. The van der Waals surface area contributed by atoms with Crippen LogP contribution in [0.25, 0.3) is 0 Å². The van der Waals surface area contributed by atoms with E-state index in [2.05, 4.69) is 18.7 Å².